The molecule has 2 rings (SSSR count). The van der Waals surface area contributed by atoms with Gasteiger partial charge < -0.3 is 16.8 Å². The minimum atomic E-state index is -0.591. The second-order valence-electron chi connectivity index (χ2n) is 3.92. The van der Waals surface area contributed by atoms with Crippen LogP contribution in [0.15, 0.2) is 40.9 Å². The number of rotatable bonds is 3. The number of carbonyl (C=O) groups is 1. The van der Waals surface area contributed by atoms with E-state index in [1.54, 1.807) is 6.07 Å². The summed E-state index contributed by atoms with van der Waals surface area (Å²) < 4.78 is 0.907. The van der Waals surface area contributed by atoms with E-state index in [-0.39, 0.29) is 5.56 Å². The van der Waals surface area contributed by atoms with Crippen molar-refractivity contribution in [1.82, 2.24) is 0 Å². The first-order chi connectivity index (χ1) is 8.97. The molecular weight excluding hydrogens is 330 g/mol. The molecule has 0 aliphatic heterocycles. The van der Waals surface area contributed by atoms with E-state index in [4.69, 9.17) is 23.1 Å². The van der Waals surface area contributed by atoms with E-state index in [0.29, 0.717) is 16.4 Å². The predicted molar refractivity (Wildman–Crippen MR) is 81.8 cm³/mol. The van der Waals surface area contributed by atoms with Gasteiger partial charge in [-0.15, -0.1) is 0 Å². The number of nitrogens with two attached hydrogens (primary N) is 2. The van der Waals surface area contributed by atoms with E-state index < -0.39 is 5.91 Å². The third kappa shape index (κ3) is 3.19. The summed E-state index contributed by atoms with van der Waals surface area (Å²) in [5, 5.41) is 3.41. The van der Waals surface area contributed by atoms with Crippen molar-refractivity contribution >= 4 is 50.5 Å². The Bertz CT molecular complexity index is 646. The molecule has 2 aromatic carbocycles. The lowest BCUT2D eigenvalue weighted by molar-refractivity contribution is 0.100. The molecule has 2 aromatic rings. The Morgan fingerprint density at radius 2 is 2.00 bits per heavy atom. The molecule has 0 heterocycles. The lowest BCUT2D eigenvalue weighted by Gasteiger charge is -2.13. The number of nitrogens with one attached hydrogen (secondary N) is 1. The zero-order valence-electron chi connectivity index (χ0n) is 9.78. The lowest BCUT2D eigenvalue weighted by atomic mass is 10.1. The Hall–Kier alpha value is -1.72. The Labute approximate surface area is 123 Å². The Balaban J connectivity index is 2.47. The summed E-state index contributed by atoms with van der Waals surface area (Å²) in [7, 11) is 0. The van der Waals surface area contributed by atoms with Crippen molar-refractivity contribution in [3.63, 3.8) is 0 Å². The summed E-state index contributed by atoms with van der Waals surface area (Å²) in [5.74, 6) is -0.591. The van der Waals surface area contributed by atoms with Gasteiger partial charge in [0.1, 0.15) is 0 Å². The number of hydrogen-bond donors (Lipinski definition) is 3. The van der Waals surface area contributed by atoms with Crippen LogP contribution in [-0.2, 0) is 0 Å². The summed E-state index contributed by atoms with van der Waals surface area (Å²) in [6.45, 7) is 0. The van der Waals surface area contributed by atoms with Gasteiger partial charge in [-0.3, -0.25) is 4.79 Å². The molecule has 19 heavy (non-hydrogen) atoms. The second kappa shape index (κ2) is 5.50. The van der Waals surface area contributed by atoms with Crippen LogP contribution < -0.4 is 16.8 Å². The van der Waals surface area contributed by atoms with Gasteiger partial charge in [0.25, 0.3) is 5.91 Å². The van der Waals surface area contributed by atoms with Gasteiger partial charge in [-0.25, -0.2) is 0 Å². The monoisotopic (exact) mass is 339 g/mol. The summed E-state index contributed by atoms with van der Waals surface area (Å²) in [4.78, 5) is 11.4. The molecule has 0 unspecified atom stereocenters. The molecule has 0 aliphatic carbocycles. The van der Waals surface area contributed by atoms with Crippen LogP contribution in [0.3, 0.4) is 0 Å². The fourth-order valence-corrected chi connectivity index (χ4v) is 2.33. The molecule has 6 heteroatoms. The largest absolute Gasteiger partial charge is 0.399 e. The number of carbonyl (C=O) groups excluding carboxylic acids is 1. The van der Waals surface area contributed by atoms with Crippen molar-refractivity contribution in [2.75, 3.05) is 11.1 Å². The van der Waals surface area contributed by atoms with Gasteiger partial charge in [-0.05, 0) is 30.3 Å². The summed E-state index contributed by atoms with van der Waals surface area (Å²) in [5.41, 5.74) is 12.9. The van der Waals surface area contributed by atoms with Gasteiger partial charge >= 0.3 is 0 Å². The van der Waals surface area contributed by atoms with Crippen molar-refractivity contribution in [2.45, 2.75) is 0 Å². The number of amides is 1. The fraction of sp³-hybridized carbons (Fsp3) is 0. The standard InChI is InChI=1S/C13H11BrClN3O/c14-7-2-1-3-9(4-7)18-12-10(13(17)19)5-8(16)6-11(12)15/h1-6,18H,16H2,(H2,17,19). The normalized spacial score (nSPS) is 10.2. The van der Waals surface area contributed by atoms with Crippen LogP contribution in [0.5, 0.6) is 0 Å². The molecule has 0 saturated heterocycles. The molecule has 1 amide bonds. The Morgan fingerprint density at radius 1 is 1.26 bits per heavy atom. The molecule has 0 aromatic heterocycles. The molecule has 0 saturated carbocycles. The number of nitrogen functional groups attached to an aromatic ring is 1. The molecule has 5 N–H and O–H groups in total. The van der Waals surface area contributed by atoms with Gasteiger partial charge in [-0.1, -0.05) is 33.6 Å². The maximum atomic E-state index is 11.4. The molecule has 0 radical (unpaired) electrons. The van der Waals surface area contributed by atoms with Crippen LogP contribution >= 0.6 is 27.5 Å². The predicted octanol–water partition coefficient (Wildman–Crippen LogP) is 3.53. The maximum absolute atomic E-state index is 11.4. The van der Waals surface area contributed by atoms with E-state index in [2.05, 4.69) is 21.2 Å². The third-order valence-corrected chi connectivity index (χ3v) is 3.26. The molecule has 0 fully saturated rings. The average Bonchev–Trinajstić information content (AvgIpc) is 2.32. The highest BCUT2D eigenvalue weighted by molar-refractivity contribution is 9.10. The molecule has 4 nitrogen and oxygen atoms in total. The first-order valence-corrected chi connectivity index (χ1v) is 6.56. The summed E-state index contributed by atoms with van der Waals surface area (Å²) in [6.07, 6.45) is 0. The van der Waals surface area contributed by atoms with Gasteiger partial charge in [0, 0.05) is 15.8 Å². The Morgan fingerprint density at radius 3 is 2.63 bits per heavy atom. The zero-order chi connectivity index (χ0) is 14.0. The molecule has 0 aliphatic rings. The van der Waals surface area contributed by atoms with Crippen molar-refractivity contribution in [2.24, 2.45) is 5.73 Å². The minimum absolute atomic E-state index is 0.255. The third-order valence-electron chi connectivity index (χ3n) is 2.47. The Kier molecular flexibility index (Phi) is 3.97. The number of anilines is 3. The lowest BCUT2D eigenvalue weighted by Crippen LogP contribution is -2.14. The van der Waals surface area contributed by atoms with Crippen LogP contribution in [0.2, 0.25) is 5.02 Å². The van der Waals surface area contributed by atoms with Crippen molar-refractivity contribution in [3.8, 4) is 0 Å². The van der Waals surface area contributed by atoms with Crippen LogP contribution in [0.4, 0.5) is 17.1 Å². The number of halogens is 2. The zero-order valence-corrected chi connectivity index (χ0v) is 12.1. The SMILES string of the molecule is NC(=O)c1cc(N)cc(Cl)c1Nc1cccc(Br)c1. The second-order valence-corrected chi connectivity index (χ2v) is 5.25. The van der Waals surface area contributed by atoms with Gasteiger partial charge in [0.05, 0.1) is 16.3 Å². The first kappa shape index (κ1) is 13.7. The minimum Gasteiger partial charge on any atom is -0.399 e. The van der Waals surface area contributed by atoms with Gasteiger partial charge in [0.15, 0.2) is 0 Å². The topological polar surface area (TPSA) is 81.1 Å². The summed E-state index contributed by atoms with van der Waals surface area (Å²) in [6, 6.07) is 10.5. The molecule has 0 atom stereocenters. The molecule has 0 spiro atoms. The molecule has 98 valence electrons. The van der Waals surface area contributed by atoms with Crippen molar-refractivity contribution < 1.29 is 4.79 Å². The smallest absolute Gasteiger partial charge is 0.250 e. The fourth-order valence-electron chi connectivity index (χ4n) is 1.66. The van der Waals surface area contributed by atoms with E-state index in [1.807, 2.05) is 24.3 Å². The summed E-state index contributed by atoms with van der Waals surface area (Å²) >= 11 is 9.47. The number of benzene rings is 2. The van der Waals surface area contributed by atoms with E-state index >= 15 is 0 Å². The van der Waals surface area contributed by atoms with Gasteiger partial charge in [-0.2, -0.15) is 0 Å². The number of hydrogen-bond acceptors (Lipinski definition) is 3. The van der Waals surface area contributed by atoms with Crippen LogP contribution in [0, 0.1) is 0 Å². The molecular formula is C13H11BrClN3O. The first-order valence-electron chi connectivity index (χ1n) is 5.39. The maximum Gasteiger partial charge on any atom is 0.250 e. The highest BCUT2D eigenvalue weighted by Crippen LogP contribution is 2.32. The quantitative estimate of drug-likeness (QED) is 0.748. The number of primary amides is 1. The van der Waals surface area contributed by atoms with Crippen LogP contribution in [-0.4, -0.2) is 5.91 Å². The van der Waals surface area contributed by atoms with E-state index in [0.717, 1.165) is 10.2 Å². The van der Waals surface area contributed by atoms with E-state index in [1.165, 1.54) is 6.07 Å². The van der Waals surface area contributed by atoms with Gasteiger partial charge in [0.2, 0.25) is 0 Å². The van der Waals surface area contributed by atoms with Crippen LogP contribution in [0.1, 0.15) is 10.4 Å². The van der Waals surface area contributed by atoms with Crippen LogP contribution in [0.25, 0.3) is 0 Å². The highest BCUT2D eigenvalue weighted by atomic mass is 79.9. The highest BCUT2D eigenvalue weighted by Gasteiger charge is 2.13. The average molecular weight is 341 g/mol. The van der Waals surface area contributed by atoms with Crippen molar-refractivity contribution in [1.29, 1.82) is 0 Å². The van der Waals surface area contributed by atoms with Crippen molar-refractivity contribution in [3.05, 3.63) is 51.5 Å². The van der Waals surface area contributed by atoms with E-state index in [9.17, 15) is 4.79 Å². The molecule has 0 bridgehead atoms.